The molecule has 4 rings (SSSR count). The maximum atomic E-state index is 5.49. The van der Waals surface area contributed by atoms with Crippen molar-refractivity contribution in [3.8, 4) is 0 Å². The molecule has 1 aromatic heterocycles. The zero-order chi connectivity index (χ0) is 16.4. The molecule has 0 radical (unpaired) electrons. The van der Waals surface area contributed by atoms with Gasteiger partial charge in [-0.05, 0) is 5.56 Å². The van der Waals surface area contributed by atoms with Crippen LogP contribution in [0.3, 0.4) is 0 Å². The van der Waals surface area contributed by atoms with Gasteiger partial charge < -0.3 is 9.64 Å². The van der Waals surface area contributed by atoms with E-state index in [2.05, 4.69) is 21.9 Å². The van der Waals surface area contributed by atoms with Crippen LogP contribution in [0.5, 0.6) is 0 Å². The van der Waals surface area contributed by atoms with Crippen molar-refractivity contribution >= 4 is 40.2 Å². The van der Waals surface area contributed by atoms with Crippen LogP contribution in [0.25, 0.3) is 0 Å². The molecule has 1 aromatic carbocycles. The summed E-state index contributed by atoms with van der Waals surface area (Å²) in [4.78, 5) is 9.09. The van der Waals surface area contributed by atoms with Crippen molar-refractivity contribution in [2.75, 3.05) is 48.4 Å². The van der Waals surface area contributed by atoms with Gasteiger partial charge in [-0.1, -0.05) is 54.3 Å². The van der Waals surface area contributed by atoms with Crippen LogP contribution in [0.2, 0.25) is 0 Å². The number of rotatable bonds is 4. The molecule has 2 fully saturated rings. The average Bonchev–Trinajstić information content (AvgIpc) is 3.23. The molecule has 2 aromatic rings. The van der Waals surface area contributed by atoms with E-state index in [0.29, 0.717) is 6.54 Å². The van der Waals surface area contributed by atoms with Gasteiger partial charge in [0.2, 0.25) is 11.9 Å². The van der Waals surface area contributed by atoms with E-state index in [4.69, 9.17) is 27.0 Å². The van der Waals surface area contributed by atoms with Crippen molar-refractivity contribution in [3.05, 3.63) is 35.9 Å². The zero-order valence-corrected chi connectivity index (χ0v) is 14.9. The number of thiocarbonyl (C=S) groups is 1. The van der Waals surface area contributed by atoms with E-state index >= 15 is 0 Å². The quantitative estimate of drug-likeness (QED) is 0.772. The summed E-state index contributed by atoms with van der Waals surface area (Å²) in [5, 5.41) is 4.77. The normalized spacial score (nSPS) is 18.4. The maximum absolute atomic E-state index is 5.49. The molecule has 2 aliphatic rings. The van der Waals surface area contributed by atoms with Crippen LogP contribution >= 0.6 is 24.0 Å². The second-order valence-corrected chi connectivity index (χ2v) is 7.45. The fourth-order valence-electron chi connectivity index (χ4n) is 2.86. The Labute approximate surface area is 150 Å². The number of thioether (sulfide) groups is 1. The lowest BCUT2D eigenvalue weighted by atomic mass is 10.2. The average molecular weight is 361 g/mol. The Morgan fingerprint density at radius 1 is 1.12 bits per heavy atom. The molecule has 6 nitrogen and oxygen atoms in total. The molecule has 126 valence electrons. The number of anilines is 2. The van der Waals surface area contributed by atoms with E-state index in [9.17, 15) is 0 Å². The van der Waals surface area contributed by atoms with Gasteiger partial charge in [-0.25, -0.2) is 4.68 Å². The van der Waals surface area contributed by atoms with Gasteiger partial charge in [0.15, 0.2) is 0 Å². The number of nitrogens with zero attached hydrogens (tertiary/aromatic N) is 5. The number of morpholine rings is 1. The minimum absolute atomic E-state index is 0.692. The van der Waals surface area contributed by atoms with Crippen LogP contribution in [-0.2, 0) is 11.3 Å². The highest BCUT2D eigenvalue weighted by Crippen LogP contribution is 2.27. The maximum Gasteiger partial charge on any atom is 0.246 e. The monoisotopic (exact) mass is 361 g/mol. The van der Waals surface area contributed by atoms with E-state index in [1.807, 2.05) is 22.9 Å². The van der Waals surface area contributed by atoms with Gasteiger partial charge in [0.25, 0.3) is 0 Å². The fraction of sp³-hybridized carbons (Fsp3) is 0.438. The molecule has 8 heteroatoms. The van der Waals surface area contributed by atoms with Crippen molar-refractivity contribution in [1.29, 1.82) is 0 Å². The fourth-order valence-corrected chi connectivity index (χ4v) is 4.06. The minimum Gasteiger partial charge on any atom is -0.378 e. The summed E-state index contributed by atoms with van der Waals surface area (Å²) in [6.07, 6.45) is 0. The van der Waals surface area contributed by atoms with Gasteiger partial charge in [0.1, 0.15) is 4.32 Å². The highest BCUT2D eigenvalue weighted by atomic mass is 32.2. The smallest absolute Gasteiger partial charge is 0.246 e. The zero-order valence-electron chi connectivity index (χ0n) is 13.3. The van der Waals surface area contributed by atoms with Gasteiger partial charge in [-0.2, -0.15) is 4.98 Å². The Balaban J connectivity index is 1.66. The summed E-state index contributed by atoms with van der Waals surface area (Å²) in [6.45, 7) is 4.68. The highest BCUT2D eigenvalue weighted by Gasteiger charge is 2.27. The van der Waals surface area contributed by atoms with Gasteiger partial charge in [-0.15, -0.1) is 5.10 Å². The first-order valence-corrected chi connectivity index (χ1v) is 9.46. The Morgan fingerprint density at radius 2 is 1.92 bits per heavy atom. The molecule has 0 unspecified atom stereocenters. The van der Waals surface area contributed by atoms with Crippen molar-refractivity contribution < 1.29 is 4.74 Å². The van der Waals surface area contributed by atoms with Gasteiger partial charge in [0.05, 0.1) is 19.8 Å². The SMILES string of the molecule is S=C1SCCN1c1nc(N2CCOCC2)nn1Cc1ccccc1. The van der Waals surface area contributed by atoms with E-state index in [1.165, 1.54) is 5.56 Å². The van der Waals surface area contributed by atoms with Gasteiger partial charge >= 0.3 is 0 Å². The molecule has 0 amide bonds. The third-order valence-corrected chi connectivity index (χ3v) is 5.54. The number of benzene rings is 1. The predicted molar refractivity (Wildman–Crippen MR) is 101 cm³/mol. The lowest BCUT2D eigenvalue weighted by Gasteiger charge is -2.25. The molecular formula is C16H19N5OS2. The Hall–Kier alpha value is -1.64. The third kappa shape index (κ3) is 3.26. The number of ether oxygens (including phenoxy) is 1. The van der Waals surface area contributed by atoms with Crippen molar-refractivity contribution in [3.63, 3.8) is 0 Å². The first-order valence-electron chi connectivity index (χ1n) is 8.07. The van der Waals surface area contributed by atoms with Crippen LogP contribution in [0, 0.1) is 0 Å². The van der Waals surface area contributed by atoms with E-state index in [0.717, 1.165) is 54.8 Å². The minimum atomic E-state index is 0.692. The highest BCUT2D eigenvalue weighted by molar-refractivity contribution is 8.23. The summed E-state index contributed by atoms with van der Waals surface area (Å²) in [6, 6.07) is 10.3. The molecule has 0 saturated carbocycles. The summed E-state index contributed by atoms with van der Waals surface area (Å²) < 4.78 is 8.28. The lowest BCUT2D eigenvalue weighted by Crippen LogP contribution is -2.37. The van der Waals surface area contributed by atoms with Gasteiger partial charge in [0, 0.05) is 25.4 Å². The summed E-state index contributed by atoms with van der Waals surface area (Å²) in [7, 11) is 0. The van der Waals surface area contributed by atoms with Crippen LogP contribution in [-0.4, -0.2) is 57.7 Å². The second-order valence-electron chi connectivity index (χ2n) is 5.72. The molecule has 0 atom stereocenters. The number of hydrogen-bond donors (Lipinski definition) is 0. The molecule has 3 heterocycles. The second kappa shape index (κ2) is 7.08. The Bertz CT molecular complexity index is 715. The van der Waals surface area contributed by atoms with E-state index in [-0.39, 0.29) is 0 Å². The van der Waals surface area contributed by atoms with Crippen molar-refractivity contribution in [2.24, 2.45) is 0 Å². The predicted octanol–water partition coefficient (Wildman–Crippen LogP) is 2.00. The standard InChI is InChI=1S/C16H19N5OS2/c23-16-20(8-11-24-16)15-17-14(19-6-9-22-10-7-19)18-21(15)12-13-4-2-1-3-5-13/h1-5H,6-12H2. The van der Waals surface area contributed by atoms with Crippen molar-refractivity contribution in [1.82, 2.24) is 14.8 Å². The largest absolute Gasteiger partial charge is 0.378 e. The van der Waals surface area contributed by atoms with Crippen LogP contribution in [0.4, 0.5) is 11.9 Å². The molecule has 24 heavy (non-hydrogen) atoms. The van der Waals surface area contributed by atoms with Gasteiger partial charge in [-0.3, -0.25) is 4.90 Å². The first-order chi connectivity index (χ1) is 11.8. The topological polar surface area (TPSA) is 46.4 Å². The molecule has 0 N–H and O–H groups in total. The molecule has 0 bridgehead atoms. The number of aromatic nitrogens is 3. The number of hydrogen-bond acceptors (Lipinski definition) is 6. The first kappa shape index (κ1) is 15.9. The molecule has 2 saturated heterocycles. The Kier molecular flexibility index (Phi) is 4.68. The molecule has 2 aliphatic heterocycles. The van der Waals surface area contributed by atoms with E-state index in [1.54, 1.807) is 11.8 Å². The van der Waals surface area contributed by atoms with Crippen molar-refractivity contribution in [2.45, 2.75) is 6.54 Å². The van der Waals surface area contributed by atoms with Crippen LogP contribution < -0.4 is 9.80 Å². The van der Waals surface area contributed by atoms with Crippen LogP contribution in [0.15, 0.2) is 30.3 Å². The summed E-state index contributed by atoms with van der Waals surface area (Å²) >= 11 is 7.19. The summed E-state index contributed by atoms with van der Waals surface area (Å²) in [5.41, 5.74) is 1.20. The van der Waals surface area contributed by atoms with E-state index < -0.39 is 0 Å². The Morgan fingerprint density at radius 3 is 2.62 bits per heavy atom. The van der Waals surface area contributed by atoms with Crippen LogP contribution in [0.1, 0.15) is 5.56 Å². The molecular weight excluding hydrogens is 342 g/mol. The molecule has 0 spiro atoms. The molecule has 0 aliphatic carbocycles. The third-order valence-electron chi connectivity index (χ3n) is 4.11. The summed E-state index contributed by atoms with van der Waals surface area (Å²) in [5.74, 6) is 2.61. The lowest BCUT2D eigenvalue weighted by molar-refractivity contribution is 0.122.